The smallest absolute Gasteiger partial charge is 0.303 e. The molecule has 1 aliphatic heterocycles. The average molecular weight is 232 g/mol. The van der Waals surface area contributed by atoms with Crippen molar-refractivity contribution in [3.8, 4) is 0 Å². The minimum absolute atomic E-state index is 0.313. The van der Waals surface area contributed by atoms with Crippen LogP contribution in [-0.4, -0.2) is 34.8 Å². The Balaban J connectivity index is 1.90. The summed E-state index contributed by atoms with van der Waals surface area (Å²) in [4.78, 5) is 10.3. The van der Waals surface area contributed by atoms with Crippen molar-refractivity contribution in [3.63, 3.8) is 0 Å². The lowest BCUT2D eigenvalue weighted by Crippen LogP contribution is -2.13. The standard InChI is InChI=1S/C11H20O3S/c1-9-10(6-7-14-9)15-8-4-2-3-5-11(12)13/h9-10H,2-8H2,1H3,(H,12,13). The monoisotopic (exact) mass is 232 g/mol. The Hall–Kier alpha value is -0.220. The van der Waals surface area contributed by atoms with Gasteiger partial charge in [-0.15, -0.1) is 0 Å². The van der Waals surface area contributed by atoms with E-state index in [0.717, 1.165) is 31.6 Å². The lowest BCUT2D eigenvalue weighted by molar-refractivity contribution is -0.137. The molecule has 1 fully saturated rings. The van der Waals surface area contributed by atoms with Crippen LogP contribution in [0.3, 0.4) is 0 Å². The normalized spacial score (nSPS) is 25.7. The second kappa shape index (κ2) is 7.12. The highest BCUT2D eigenvalue weighted by Gasteiger charge is 2.23. The second-order valence-electron chi connectivity index (χ2n) is 3.98. The molecule has 4 heteroatoms. The Kier molecular flexibility index (Phi) is 6.10. The molecule has 1 aliphatic rings. The molecule has 0 spiro atoms. The number of unbranched alkanes of at least 4 members (excludes halogenated alkanes) is 2. The number of thioether (sulfide) groups is 1. The maximum absolute atomic E-state index is 10.3. The van der Waals surface area contributed by atoms with Crippen LogP contribution in [0, 0.1) is 0 Å². The minimum atomic E-state index is -0.680. The summed E-state index contributed by atoms with van der Waals surface area (Å²) in [5.74, 6) is 0.457. The van der Waals surface area contributed by atoms with Crippen molar-refractivity contribution >= 4 is 17.7 Å². The van der Waals surface area contributed by atoms with E-state index in [0.29, 0.717) is 17.8 Å². The Morgan fingerprint density at radius 3 is 2.87 bits per heavy atom. The number of ether oxygens (including phenoxy) is 1. The Morgan fingerprint density at radius 2 is 2.27 bits per heavy atom. The van der Waals surface area contributed by atoms with Gasteiger partial charge in [0.05, 0.1) is 6.10 Å². The molecule has 15 heavy (non-hydrogen) atoms. The van der Waals surface area contributed by atoms with E-state index in [2.05, 4.69) is 6.92 Å². The SMILES string of the molecule is CC1OCCC1SCCCCCC(=O)O. The molecule has 1 rings (SSSR count). The van der Waals surface area contributed by atoms with Crippen LogP contribution in [0.5, 0.6) is 0 Å². The second-order valence-corrected chi connectivity index (χ2v) is 5.33. The van der Waals surface area contributed by atoms with Gasteiger partial charge in [0.25, 0.3) is 0 Å². The predicted octanol–water partition coefficient (Wildman–Crippen LogP) is 2.54. The van der Waals surface area contributed by atoms with Gasteiger partial charge < -0.3 is 9.84 Å². The molecule has 0 aromatic heterocycles. The van der Waals surface area contributed by atoms with Gasteiger partial charge in [0, 0.05) is 18.3 Å². The summed E-state index contributed by atoms with van der Waals surface area (Å²) in [5.41, 5.74) is 0. The van der Waals surface area contributed by atoms with E-state index < -0.39 is 5.97 Å². The first-order chi connectivity index (χ1) is 7.20. The van der Waals surface area contributed by atoms with Gasteiger partial charge in [-0.25, -0.2) is 0 Å². The molecule has 0 aromatic rings. The molecule has 0 saturated carbocycles. The zero-order chi connectivity index (χ0) is 11.1. The fourth-order valence-corrected chi connectivity index (χ4v) is 3.01. The van der Waals surface area contributed by atoms with Gasteiger partial charge in [0.2, 0.25) is 0 Å². The highest BCUT2D eigenvalue weighted by Crippen LogP contribution is 2.26. The third kappa shape index (κ3) is 5.42. The van der Waals surface area contributed by atoms with Crippen molar-refractivity contribution in [2.24, 2.45) is 0 Å². The van der Waals surface area contributed by atoms with Gasteiger partial charge in [-0.3, -0.25) is 4.79 Å². The summed E-state index contributed by atoms with van der Waals surface area (Å²) in [6, 6.07) is 0. The third-order valence-corrected chi connectivity index (χ3v) is 4.25. The van der Waals surface area contributed by atoms with Crippen LogP contribution < -0.4 is 0 Å². The highest BCUT2D eigenvalue weighted by molar-refractivity contribution is 7.99. The number of hydrogen-bond acceptors (Lipinski definition) is 3. The highest BCUT2D eigenvalue weighted by atomic mass is 32.2. The van der Waals surface area contributed by atoms with Crippen LogP contribution >= 0.6 is 11.8 Å². The van der Waals surface area contributed by atoms with E-state index in [1.54, 1.807) is 0 Å². The van der Waals surface area contributed by atoms with Gasteiger partial charge in [0.15, 0.2) is 0 Å². The van der Waals surface area contributed by atoms with Crippen molar-refractivity contribution in [2.45, 2.75) is 50.4 Å². The van der Waals surface area contributed by atoms with E-state index in [-0.39, 0.29) is 0 Å². The number of rotatable bonds is 7. The first-order valence-corrected chi connectivity index (χ1v) is 6.70. The molecule has 88 valence electrons. The largest absolute Gasteiger partial charge is 0.481 e. The summed E-state index contributed by atoms with van der Waals surface area (Å²) in [6.45, 7) is 3.03. The molecule has 0 amide bonds. The van der Waals surface area contributed by atoms with Gasteiger partial charge in [-0.05, 0) is 31.9 Å². The van der Waals surface area contributed by atoms with Crippen LogP contribution in [0.15, 0.2) is 0 Å². The number of carboxylic acid groups (broad SMARTS) is 1. The molecule has 2 unspecified atom stereocenters. The van der Waals surface area contributed by atoms with Gasteiger partial charge >= 0.3 is 5.97 Å². The van der Waals surface area contributed by atoms with E-state index in [4.69, 9.17) is 9.84 Å². The van der Waals surface area contributed by atoms with Crippen molar-refractivity contribution < 1.29 is 14.6 Å². The summed E-state index contributed by atoms with van der Waals surface area (Å²) < 4.78 is 5.48. The molecular formula is C11H20O3S. The summed E-state index contributed by atoms with van der Waals surface area (Å²) in [7, 11) is 0. The summed E-state index contributed by atoms with van der Waals surface area (Å²) in [5, 5.41) is 9.11. The zero-order valence-electron chi connectivity index (χ0n) is 9.28. The Morgan fingerprint density at radius 1 is 1.47 bits per heavy atom. The first-order valence-electron chi connectivity index (χ1n) is 5.65. The van der Waals surface area contributed by atoms with Gasteiger partial charge in [0.1, 0.15) is 0 Å². The zero-order valence-corrected chi connectivity index (χ0v) is 10.1. The molecule has 2 atom stereocenters. The fraction of sp³-hybridized carbons (Fsp3) is 0.909. The predicted molar refractivity (Wildman–Crippen MR) is 62.4 cm³/mol. The minimum Gasteiger partial charge on any atom is -0.481 e. The molecule has 0 aromatic carbocycles. The molecule has 0 aliphatic carbocycles. The van der Waals surface area contributed by atoms with Crippen molar-refractivity contribution in [3.05, 3.63) is 0 Å². The Labute approximate surface area is 95.6 Å². The number of carbonyl (C=O) groups is 1. The van der Waals surface area contributed by atoms with Crippen LogP contribution in [-0.2, 0) is 9.53 Å². The van der Waals surface area contributed by atoms with E-state index in [1.165, 1.54) is 6.42 Å². The van der Waals surface area contributed by atoms with E-state index in [1.807, 2.05) is 11.8 Å². The molecule has 1 N–H and O–H groups in total. The van der Waals surface area contributed by atoms with Crippen LogP contribution in [0.2, 0.25) is 0 Å². The molecule has 3 nitrogen and oxygen atoms in total. The van der Waals surface area contributed by atoms with E-state index >= 15 is 0 Å². The van der Waals surface area contributed by atoms with Gasteiger partial charge in [-0.1, -0.05) is 6.42 Å². The Bertz CT molecular complexity index is 196. The maximum atomic E-state index is 10.3. The maximum Gasteiger partial charge on any atom is 0.303 e. The molecule has 0 radical (unpaired) electrons. The topological polar surface area (TPSA) is 46.5 Å². The van der Waals surface area contributed by atoms with Crippen molar-refractivity contribution in [1.82, 2.24) is 0 Å². The summed E-state index contributed by atoms with van der Waals surface area (Å²) >= 11 is 1.98. The fourth-order valence-electron chi connectivity index (χ4n) is 1.72. The number of aliphatic carboxylic acids is 1. The molecule has 1 heterocycles. The average Bonchev–Trinajstić information content (AvgIpc) is 2.57. The number of hydrogen-bond donors (Lipinski definition) is 1. The molecule has 1 saturated heterocycles. The first kappa shape index (κ1) is 12.8. The van der Waals surface area contributed by atoms with Crippen LogP contribution in [0.4, 0.5) is 0 Å². The lowest BCUT2D eigenvalue weighted by Gasteiger charge is -2.12. The van der Waals surface area contributed by atoms with Crippen molar-refractivity contribution in [2.75, 3.05) is 12.4 Å². The number of carboxylic acids is 1. The lowest BCUT2D eigenvalue weighted by atomic mass is 10.2. The summed E-state index contributed by atoms with van der Waals surface area (Å²) in [6.07, 6.45) is 4.85. The quantitative estimate of drug-likeness (QED) is 0.685. The van der Waals surface area contributed by atoms with Crippen LogP contribution in [0.1, 0.15) is 39.0 Å². The third-order valence-electron chi connectivity index (χ3n) is 2.67. The molecular weight excluding hydrogens is 212 g/mol. The van der Waals surface area contributed by atoms with Crippen LogP contribution in [0.25, 0.3) is 0 Å². The van der Waals surface area contributed by atoms with Crippen molar-refractivity contribution in [1.29, 1.82) is 0 Å². The molecule has 0 bridgehead atoms. The van der Waals surface area contributed by atoms with Gasteiger partial charge in [-0.2, -0.15) is 11.8 Å². The van der Waals surface area contributed by atoms with E-state index in [9.17, 15) is 4.79 Å².